The number of ether oxygens (including phenoxy) is 2. The maximum atomic E-state index is 11.8. The molecule has 3 unspecified atom stereocenters. The molecule has 4 heteroatoms. The first-order valence-electron chi connectivity index (χ1n) is 7.59. The Morgan fingerprint density at radius 1 is 1.50 bits per heavy atom. The van der Waals surface area contributed by atoms with Crippen LogP contribution in [0.2, 0.25) is 0 Å². The second-order valence-corrected chi connectivity index (χ2v) is 5.84. The van der Waals surface area contributed by atoms with Gasteiger partial charge in [0.1, 0.15) is 12.3 Å². The van der Waals surface area contributed by atoms with E-state index in [9.17, 15) is 4.79 Å². The molecule has 4 nitrogen and oxygen atoms in total. The number of hydrogen-bond acceptors (Lipinski definition) is 4. The first kappa shape index (κ1) is 17.2. The van der Waals surface area contributed by atoms with Crippen LogP contribution in [0.5, 0.6) is 0 Å². The van der Waals surface area contributed by atoms with Crippen molar-refractivity contribution >= 4 is 5.97 Å². The molecule has 0 aliphatic carbocycles. The number of nitrogens with zero attached hydrogens (tertiary/aromatic N) is 1. The molecular formula is C16H29NO3. The third-order valence-electron chi connectivity index (χ3n) is 3.77. The van der Waals surface area contributed by atoms with Crippen LogP contribution in [0.4, 0.5) is 0 Å². The minimum atomic E-state index is -0.240. The molecule has 0 amide bonds. The molecule has 0 aromatic carbocycles. The number of methoxy groups -OCH3 is 1. The Morgan fingerprint density at radius 3 is 2.75 bits per heavy atom. The number of hydrogen-bond donors (Lipinski definition) is 0. The Balaban J connectivity index is 2.63. The highest BCUT2D eigenvalue weighted by molar-refractivity contribution is 5.76. The van der Waals surface area contributed by atoms with E-state index in [1.807, 2.05) is 0 Å². The van der Waals surface area contributed by atoms with E-state index in [2.05, 4.69) is 38.7 Å². The Bertz CT molecular complexity index is 337. The SMILES string of the molecule is CCCN1C(C(=O)OC)COC1C(C)CCC=C(C)C. The fourth-order valence-electron chi connectivity index (χ4n) is 2.71. The third-order valence-corrected chi connectivity index (χ3v) is 3.77. The second kappa shape index (κ2) is 8.42. The highest BCUT2D eigenvalue weighted by Crippen LogP contribution is 2.27. The highest BCUT2D eigenvalue weighted by Gasteiger charge is 2.41. The van der Waals surface area contributed by atoms with Gasteiger partial charge in [-0.15, -0.1) is 0 Å². The predicted octanol–water partition coefficient (Wildman–Crippen LogP) is 2.98. The highest BCUT2D eigenvalue weighted by atomic mass is 16.5. The molecule has 20 heavy (non-hydrogen) atoms. The van der Waals surface area contributed by atoms with E-state index in [4.69, 9.17) is 9.47 Å². The molecule has 1 rings (SSSR count). The summed E-state index contributed by atoms with van der Waals surface area (Å²) in [7, 11) is 1.44. The van der Waals surface area contributed by atoms with Crippen molar-refractivity contribution in [3.8, 4) is 0 Å². The van der Waals surface area contributed by atoms with Crippen molar-refractivity contribution in [1.29, 1.82) is 0 Å². The number of carbonyl (C=O) groups excluding carboxylic acids is 1. The van der Waals surface area contributed by atoms with Crippen LogP contribution in [0.15, 0.2) is 11.6 Å². The summed E-state index contributed by atoms with van der Waals surface area (Å²) < 4.78 is 10.8. The maximum absolute atomic E-state index is 11.8. The zero-order chi connectivity index (χ0) is 15.1. The van der Waals surface area contributed by atoms with Crippen molar-refractivity contribution in [1.82, 2.24) is 4.90 Å². The lowest BCUT2D eigenvalue weighted by Gasteiger charge is -2.30. The number of rotatable bonds is 7. The molecule has 0 aromatic rings. The van der Waals surface area contributed by atoms with Gasteiger partial charge >= 0.3 is 5.97 Å². The van der Waals surface area contributed by atoms with Crippen molar-refractivity contribution in [2.24, 2.45) is 5.92 Å². The third kappa shape index (κ3) is 4.60. The summed E-state index contributed by atoms with van der Waals surface area (Å²) >= 11 is 0. The standard InChI is InChI=1S/C16H29NO3/c1-6-10-17-14(16(18)19-5)11-20-15(17)13(4)9-7-8-12(2)3/h8,13-15H,6-7,9-11H2,1-5H3. The van der Waals surface area contributed by atoms with E-state index in [1.54, 1.807) is 0 Å². The monoisotopic (exact) mass is 283 g/mol. The minimum absolute atomic E-state index is 0.0320. The largest absolute Gasteiger partial charge is 0.468 e. The summed E-state index contributed by atoms with van der Waals surface area (Å²) in [5.41, 5.74) is 1.35. The van der Waals surface area contributed by atoms with Gasteiger partial charge in [0.25, 0.3) is 0 Å². The van der Waals surface area contributed by atoms with Crippen molar-refractivity contribution < 1.29 is 14.3 Å². The second-order valence-electron chi connectivity index (χ2n) is 5.84. The van der Waals surface area contributed by atoms with Crippen molar-refractivity contribution in [3.63, 3.8) is 0 Å². The molecule has 1 heterocycles. The van der Waals surface area contributed by atoms with Gasteiger partial charge in [0, 0.05) is 6.54 Å². The molecule has 0 bridgehead atoms. The van der Waals surface area contributed by atoms with Gasteiger partial charge in [0.2, 0.25) is 0 Å². The first-order chi connectivity index (χ1) is 9.51. The van der Waals surface area contributed by atoms with Crippen LogP contribution < -0.4 is 0 Å². The van der Waals surface area contributed by atoms with E-state index in [1.165, 1.54) is 12.7 Å². The lowest BCUT2D eigenvalue weighted by atomic mass is 10.0. The molecule has 116 valence electrons. The van der Waals surface area contributed by atoms with E-state index < -0.39 is 0 Å². The Labute approximate surface area is 123 Å². The molecule has 1 aliphatic rings. The molecule has 1 saturated heterocycles. The van der Waals surface area contributed by atoms with Gasteiger partial charge in [0.05, 0.1) is 13.7 Å². The summed E-state index contributed by atoms with van der Waals surface area (Å²) in [6.45, 7) is 9.88. The fraction of sp³-hybridized carbons (Fsp3) is 0.812. The van der Waals surface area contributed by atoms with Crippen LogP contribution >= 0.6 is 0 Å². The average Bonchev–Trinajstić information content (AvgIpc) is 2.81. The zero-order valence-electron chi connectivity index (χ0n) is 13.5. The average molecular weight is 283 g/mol. The van der Waals surface area contributed by atoms with Gasteiger partial charge in [-0.05, 0) is 39.0 Å². The quantitative estimate of drug-likeness (QED) is 0.532. The number of esters is 1. The zero-order valence-corrected chi connectivity index (χ0v) is 13.5. The molecule has 0 spiro atoms. The predicted molar refractivity (Wildman–Crippen MR) is 80.4 cm³/mol. The van der Waals surface area contributed by atoms with E-state index in [0.29, 0.717) is 12.5 Å². The van der Waals surface area contributed by atoms with Crippen LogP contribution in [-0.2, 0) is 14.3 Å². The van der Waals surface area contributed by atoms with Crippen LogP contribution in [0.25, 0.3) is 0 Å². The van der Waals surface area contributed by atoms with Crippen molar-refractivity contribution in [2.75, 3.05) is 20.3 Å². The normalized spacial score (nSPS) is 24.4. The van der Waals surface area contributed by atoms with E-state index in [0.717, 1.165) is 25.8 Å². The number of allylic oxidation sites excluding steroid dienone is 2. The van der Waals surface area contributed by atoms with Crippen LogP contribution in [-0.4, -0.2) is 43.4 Å². The van der Waals surface area contributed by atoms with Gasteiger partial charge in [-0.1, -0.05) is 25.5 Å². The topological polar surface area (TPSA) is 38.8 Å². The van der Waals surface area contributed by atoms with Crippen LogP contribution in [0.1, 0.15) is 47.0 Å². The summed E-state index contributed by atoms with van der Waals surface area (Å²) in [5, 5.41) is 0. The Hall–Kier alpha value is -0.870. The van der Waals surface area contributed by atoms with Crippen molar-refractivity contribution in [2.45, 2.75) is 59.2 Å². The number of carbonyl (C=O) groups is 1. The molecule has 0 radical (unpaired) electrons. The van der Waals surface area contributed by atoms with E-state index in [-0.39, 0.29) is 18.2 Å². The molecule has 0 N–H and O–H groups in total. The molecule has 0 aromatic heterocycles. The smallest absolute Gasteiger partial charge is 0.325 e. The van der Waals surface area contributed by atoms with Crippen molar-refractivity contribution in [3.05, 3.63) is 11.6 Å². The molecule has 1 fully saturated rings. The minimum Gasteiger partial charge on any atom is -0.468 e. The molecule has 1 aliphatic heterocycles. The first-order valence-corrected chi connectivity index (χ1v) is 7.59. The fourth-order valence-corrected chi connectivity index (χ4v) is 2.71. The molecule has 3 atom stereocenters. The lowest BCUT2D eigenvalue weighted by molar-refractivity contribution is -0.146. The van der Waals surface area contributed by atoms with Gasteiger partial charge in [-0.3, -0.25) is 9.69 Å². The molecular weight excluding hydrogens is 254 g/mol. The van der Waals surface area contributed by atoms with Crippen LogP contribution in [0.3, 0.4) is 0 Å². The summed E-state index contributed by atoms with van der Waals surface area (Å²) in [5.74, 6) is 0.226. The van der Waals surface area contributed by atoms with Gasteiger partial charge in [0.15, 0.2) is 0 Å². The van der Waals surface area contributed by atoms with Crippen LogP contribution in [0, 0.1) is 5.92 Å². The van der Waals surface area contributed by atoms with Gasteiger partial charge in [-0.2, -0.15) is 0 Å². The maximum Gasteiger partial charge on any atom is 0.325 e. The van der Waals surface area contributed by atoms with Gasteiger partial charge in [-0.25, -0.2) is 0 Å². The van der Waals surface area contributed by atoms with E-state index >= 15 is 0 Å². The summed E-state index contributed by atoms with van der Waals surface area (Å²) in [6.07, 6.45) is 5.43. The Kier molecular flexibility index (Phi) is 7.24. The lowest BCUT2D eigenvalue weighted by Crippen LogP contribution is -2.45. The van der Waals surface area contributed by atoms with Gasteiger partial charge < -0.3 is 9.47 Å². The molecule has 0 saturated carbocycles. The summed E-state index contributed by atoms with van der Waals surface area (Å²) in [6, 6.07) is -0.240. The summed E-state index contributed by atoms with van der Waals surface area (Å²) in [4.78, 5) is 14.0. The Morgan fingerprint density at radius 2 is 2.20 bits per heavy atom.